The molecule has 3 nitrogen and oxygen atoms in total. The van der Waals surface area contributed by atoms with E-state index in [-0.39, 0.29) is 19.0 Å². The molecule has 1 fully saturated rings. The molecule has 0 atom stereocenters. The second-order valence-corrected chi connectivity index (χ2v) is 4.41. The minimum absolute atomic E-state index is 0.00426. The molecule has 1 aromatic carbocycles. The van der Waals surface area contributed by atoms with Crippen LogP contribution in [-0.4, -0.2) is 29.4 Å². The number of benzene rings is 1. The Balaban J connectivity index is 2.33. The third-order valence-corrected chi connectivity index (χ3v) is 3.38. The summed E-state index contributed by atoms with van der Waals surface area (Å²) in [5.74, 6) is -0.322. The van der Waals surface area contributed by atoms with E-state index in [4.69, 9.17) is 5.11 Å². The van der Waals surface area contributed by atoms with Gasteiger partial charge in [-0.25, -0.2) is 4.39 Å². The van der Waals surface area contributed by atoms with Gasteiger partial charge in [-0.15, -0.1) is 0 Å². The van der Waals surface area contributed by atoms with Crippen molar-refractivity contribution in [1.82, 2.24) is 0 Å². The summed E-state index contributed by atoms with van der Waals surface area (Å²) in [6.45, 7) is 0.232. The standard InChI is InChI=1S/C13H18FNO2/c14-12-6-1-3-10(9-17)13(12)15(7-8-16)11-4-2-5-11/h1,3,6,11,16-17H,2,4-5,7-9H2. The lowest BCUT2D eigenvalue weighted by molar-refractivity contribution is 0.273. The molecule has 0 heterocycles. The summed E-state index contributed by atoms with van der Waals surface area (Å²) >= 11 is 0. The molecule has 0 bridgehead atoms. The molecule has 0 aliphatic heterocycles. The third kappa shape index (κ3) is 2.42. The summed E-state index contributed by atoms with van der Waals surface area (Å²) in [6.07, 6.45) is 3.20. The van der Waals surface area contributed by atoms with E-state index in [9.17, 15) is 9.50 Å². The van der Waals surface area contributed by atoms with E-state index in [0.29, 0.717) is 23.8 Å². The second-order valence-electron chi connectivity index (χ2n) is 4.41. The van der Waals surface area contributed by atoms with E-state index in [1.165, 1.54) is 6.07 Å². The molecule has 17 heavy (non-hydrogen) atoms. The fraction of sp³-hybridized carbons (Fsp3) is 0.538. The van der Waals surface area contributed by atoms with Crippen LogP contribution in [0.2, 0.25) is 0 Å². The van der Waals surface area contributed by atoms with Gasteiger partial charge in [-0.05, 0) is 25.3 Å². The fourth-order valence-corrected chi connectivity index (χ4v) is 2.29. The Morgan fingerprint density at radius 2 is 2.06 bits per heavy atom. The Morgan fingerprint density at radius 1 is 1.29 bits per heavy atom. The van der Waals surface area contributed by atoms with Crippen molar-refractivity contribution in [3.63, 3.8) is 0 Å². The van der Waals surface area contributed by atoms with Gasteiger partial charge < -0.3 is 15.1 Å². The largest absolute Gasteiger partial charge is 0.395 e. The van der Waals surface area contributed by atoms with Crippen LogP contribution in [0.4, 0.5) is 10.1 Å². The molecule has 1 aliphatic carbocycles. The highest BCUT2D eigenvalue weighted by Gasteiger charge is 2.27. The molecule has 2 N–H and O–H groups in total. The first-order valence-electron chi connectivity index (χ1n) is 6.03. The molecule has 2 rings (SSSR count). The molecule has 94 valence electrons. The van der Waals surface area contributed by atoms with E-state index < -0.39 is 0 Å². The van der Waals surface area contributed by atoms with Gasteiger partial charge in [0.25, 0.3) is 0 Å². The van der Waals surface area contributed by atoms with Gasteiger partial charge in [0.15, 0.2) is 0 Å². The van der Waals surface area contributed by atoms with Gasteiger partial charge >= 0.3 is 0 Å². The fourth-order valence-electron chi connectivity index (χ4n) is 2.29. The average Bonchev–Trinajstić information content (AvgIpc) is 2.26. The van der Waals surface area contributed by atoms with Crippen molar-refractivity contribution in [2.24, 2.45) is 0 Å². The van der Waals surface area contributed by atoms with Crippen molar-refractivity contribution in [1.29, 1.82) is 0 Å². The van der Waals surface area contributed by atoms with Gasteiger partial charge in [0, 0.05) is 18.2 Å². The summed E-state index contributed by atoms with van der Waals surface area (Å²) in [4.78, 5) is 1.89. The summed E-state index contributed by atoms with van der Waals surface area (Å²) in [7, 11) is 0. The Kier molecular flexibility index (Phi) is 3.97. The van der Waals surface area contributed by atoms with Gasteiger partial charge in [0.05, 0.1) is 18.9 Å². The van der Waals surface area contributed by atoms with Crippen LogP contribution in [0.1, 0.15) is 24.8 Å². The summed E-state index contributed by atoms with van der Waals surface area (Å²) < 4.78 is 13.9. The number of hydrogen-bond acceptors (Lipinski definition) is 3. The molecule has 1 aromatic rings. The number of anilines is 1. The van der Waals surface area contributed by atoms with Crippen molar-refractivity contribution < 1.29 is 14.6 Å². The Bertz CT molecular complexity index is 380. The second kappa shape index (κ2) is 5.47. The van der Waals surface area contributed by atoms with Crippen molar-refractivity contribution in [2.75, 3.05) is 18.1 Å². The van der Waals surface area contributed by atoms with Crippen LogP contribution in [0, 0.1) is 5.82 Å². The molecule has 4 heteroatoms. The smallest absolute Gasteiger partial charge is 0.146 e. The number of aliphatic hydroxyl groups excluding tert-OH is 2. The number of aliphatic hydroxyl groups is 2. The maximum atomic E-state index is 13.9. The zero-order chi connectivity index (χ0) is 12.3. The van der Waals surface area contributed by atoms with Gasteiger partial charge in [-0.3, -0.25) is 0 Å². The highest BCUT2D eigenvalue weighted by molar-refractivity contribution is 5.55. The summed E-state index contributed by atoms with van der Waals surface area (Å²) in [6, 6.07) is 5.02. The van der Waals surface area contributed by atoms with Crippen LogP contribution in [0.5, 0.6) is 0 Å². The van der Waals surface area contributed by atoms with E-state index in [1.807, 2.05) is 4.90 Å². The highest BCUT2D eigenvalue weighted by atomic mass is 19.1. The first-order valence-corrected chi connectivity index (χ1v) is 6.03. The van der Waals surface area contributed by atoms with Crippen LogP contribution >= 0.6 is 0 Å². The van der Waals surface area contributed by atoms with Crippen molar-refractivity contribution in [3.8, 4) is 0 Å². The van der Waals surface area contributed by atoms with E-state index in [0.717, 1.165) is 19.3 Å². The first-order chi connectivity index (χ1) is 8.27. The minimum atomic E-state index is -0.322. The molecule has 0 amide bonds. The van der Waals surface area contributed by atoms with Crippen molar-refractivity contribution >= 4 is 5.69 Å². The molecule has 0 aromatic heterocycles. The summed E-state index contributed by atoms with van der Waals surface area (Å²) in [5.41, 5.74) is 1.04. The lowest BCUT2D eigenvalue weighted by Gasteiger charge is -2.40. The van der Waals surface area contributed by atoms with Crippen LogP contribution in [-0.2, 0) is 6.61 Å². The Morgan fingerprint density at radius 3 is 2.59 bits per heavy atom. The monoisotopic (exact) mass is 239 g/mol. The summed E-state index contributed by atoms with van der Waals surface area (Å²) in [5, 5.41) is 18.4. The van der Waals surface area contributed by atoms with E-state index in [1.54, 1.807) is 12.1 Å². The van der Waals surface area contributed by atoms with Crippen LogP contribution in [0.25, 0.3) is 0 Å². The maximum Gasteiger partial charge on any atom is 0.146 e. The molecular formula is C13H18FNO2. The van der Waals surface area contributed by atoms with Crippen LogP contribution < -0.4 is 4.90 Å². The highest BCUT2D eigenvalue weighted by Crippen LogP contribution is 2.33. The predicted molar refractivity (Wildman–Crippen MR) is 64.4 cm³/mol. The molecule has 0 unspecified atom stereocenters. The van der Waals surface area contributed by atoms with Gasteiger partial charge in [-0.1, -0.05) is 12.1 Å². The number of halogens is 1. The van der Waals surface area contributed by atoms with Gasteiger partial charge in [0.1, 0.15) is 5.82 Å². The molecule has 0 radical (unpaired) electrons. The predicted octanol–water partition coefficient (Wildman–Crippen LogP) is 1.67. The Labute approximate surface area is 100 Å². The zero-order valence-corrected chi connectivity index (χ0v) is 9.77. The first kappa shape index (κ1) is 12.3. The number of hydrogen-bond donors (Lipinski definition) is 2. The normalized spacial score (nSPS) is 15.7. The van der Waals surface area contributed by atoms with Crippen molar-refractivity contribution in [2.45, 2.75) is 31.9 Å². The maximum absolute atomic E-state index is 13.9. The number of nitrogens with zero attached hydrogens (tertiary/aromatic N) is 1. The molecule has 1 saturated carbocycles. The zero-order valence-electron chi connectivity index (χ0n) is 9.77. The quantitative estimate of drug-likeness (QED) is 0.821. The van der Waals surface area contributed by atoms with Gasteiger partial charge in [-0.2, -0.15) is 0 Å². The molecule has 1 aliphatic rings. The number of para-hydroxylation sites is 1. The van der Waals surface area contributed by atoms with Crippen molar-refractivity contribution in [3.05, 3.63) is 29.6 Å². The topological polar surface area (TPSA) is 43.7 Å². The number of rotatable bonds is 5. The van der Waals surface area contributed by atoms with E-state index >= 15 is 0 Å². The van der Waals surface area contributed by atoms with Crippen LogP contribution in [0.15, 0.2) is 18.2 Å². The molecular weight excluding hydrogens is 221 g/mol. The lowest BCUT2D eigenvalue weighted by Crippen LogP contribution is -2.43. The lowest BCUT2D eigenvalue weighted by atomic mass is 9.90. The molecule has 0 saturated heterocycles. The van der Waals surface area contributed by atoms with Crippen LogP contribution in [0.3, 0.4) is 0 Å². The molecule has 0 spiro atoms. The van der Waals surface area contributed by atoms with Gasteiger partial charge in [0.2, 0.25) is 0 Å². The Hall–Kier alpha value is -1.13. The third-order valence-electron chi connectivity index (χ3n) is 3.38. The minimum Gasteiger partial charge on any atom is -0.395 e. The SMILES string of the molecule is OCCN(c1c(F)cccc1CO)C1CCC1. The average molecular weight is 239 g/mol. The van der Waals surface area contributed by atoms with E-state index in [2.05, 4.69) is 0 Å².